The maximum absolute atomic E-state index is 15.2. The normalized spacial score (nSPS) is 25.4. The fraction of sp³-hybridized carbons (Fsp3) is 0.591. The summed E-state index contributed by atoms with van der Waals surface area (Å²) in [5, 5.41) is 1.45. The summed E-state index contributed by atoms with van der Waals surface area (Å²) in [6.07, 6.45) is 3.38. The zero-order valence-corrected chi connectivity index (χ0v) is 20.3. The average Bonchev–Trinajstić information content (AvgIpc) is 3.39. The number of hydrogen-bond donors (Lipinski definition) is 1. The highest BCUT2D eigenvalue weighted by atomic mass is 32.2. The van der Waals surface area contributed by atoms with Crippen molar-refractivity contribution in [2.45, 2.75) is 49.6 Å². The lowest BCUT2D eigenvalue weighted by Gasteiger charge is -2.54. The molecule has 4 heterocycles. The Hall–Kier alpha value is -1.82. The Balaban J connectivity index is 1.37. The smallest absolute Gasteiger partial charge is 0.268 e. The average molecular weight is 499 g/mol. The number of nitrogens with one attached hydrogen (secondary N) is 1. The number of nitrogens with zero attached hydrogens (tertiary/aromatic N) is 3. The van der Waals surface area contributed by atoms with Crippen molar-refractivity contribution in [3.63, 3.8) is 0 Å². The molecule has 180 valence electrons. The number of likely N-dealkylation sites (tertiary alicyclic amines) is 1. The molecular weight excluding hydrogens is 470 g/mol. The maximum Gasteiger partial charge on any atom is 0.268 e. The summed E-state index contributed by atoms with van der Waals surface area (Å²) >= 11 is 1.18. The quantitative estimate of drug-likeness (QED) is 0.679. The lowest BCUT2D eigenvalue weighted by molar-refractivity contribution is -0.0656. The van der Waals surface area contributed by atoms with Crippen molar-refractivity contribution in [3.05, 3.63) is 34.2 Å². The standard InChI is InChI=1S/C22H28F2N4O3S2/c1-14-4-3-6-27(9-14)18-5-7-31-22(18)11-28(12-22)17-8-16(23)21(20(24)15(17)2)33(29,30)26-19-10-32-13-25-19/h8,10,13-14,18,26H,3-7,9,11-12H2,1-2H3/t14-,18+/m1/s1. The van der Waals surface area contributed by atoms with Crippen molar-refractivity contribution < 1.29 is 21.9 Å². The summed E-state index contributed by atoms with van der Waals surface area (Å²) in [7, 11) is -4.45. The fourth-order valence-electron chi connectivity index (χ4n) is 5.54. The van der Waals surface area contributed by atoms with Crippen molar-refractivity contribution in [2.75, 3.05) is 42.4 Å². The van der Waals surface area contributed by atoms with Gasteiger partial charge in [0.05, 0.1) is 18.6 Å². The van der Waals surface area contributed by atoms with Crippen LogP contribution in [0.25, 0.3) is 0 Å². The molecule has 1 aromatic carbocycles. The second-order valence-corrected chi connectivity index (χ2v) is 11.8. The first-order chi connectivity index (χ1) is 15.7. The minimum atomic E-state index is -4.45. The second-order valence-electron chi connectivity index (χ2n) is 9.44. The third-order valence-electron chi connectivity index (χ3n) is 7.11. The predicted octanol–water partition coefficient (Wildman–Crippen LogP) is 3.61. The molecule has 1 spiro atoms. The third-order valence-corrected chi connectivity index (χ3v) is 9.08. The van der Waals surface area contributed by atoms with Crippen LogP contribution in [0.2, 0.25) is 0 Å². The molecule has 0 saturated carbocycles. The van der Waals surface area contributed by atoms with Gasteiger partial charge in [-0.25, -0.2) is 22.2 Å². The Morgan fingerprint density at radius 1 is 1.30 bits per heavy atom. The van der Waals surface area contributed by atoms with E-state index in [0.29, 0.717) is 37.3 Å². The molecule has 3 saturated heterocycles. The summed E-state index contributed by atoms with van der Waals surface area (Å²) < 4.78 is 63.8. The maximum atomic E-state index is 15.2. The molecule has 3 aliphatic heterocycles. The molecule has 5 rings (SSSR count). The molecule has 3 fully saturated rings. The van der Waals surface area contributed by atoms with Gasteiger partial charge in [-0.1, -0.05) is 6.92 Å². The summed E-state index contributed by atoms with van der Waals surface area (Å²) in [5.41, 5.74) is 1.56. The Bertz CT molecular complexity index is 1140. The Kier molecular flexibility index (Phi) is 5.87. The van der Waals surface area contributed by atoms with Crippen molar-refractivity contribution in [3.8, 4) is 0 Å². The first-order valence-corrected chi connectivity index (χ1v) is 13.7. The van der Waals surface area contributed by atoms with Crippen LogP contribution in [0, 0.1) is 24.5 Å². The van der Waals surface area contributed by atoms with Gasteiger partial charge in [0.1, 0.15) is 11.4 Å². The van der Waals surface area contributed by atoms with Crippen molar-refractivity contribution in [1.29, 1.82) is 0 Å². The molecule has 1 aromatic heterocycles. The van der Waals surface area contributed by atoms with E-state index in [9.17, 15) is 12.8 Å². The molecule has 0 bridgehead atoms. The molecule has 2 atom stereocenters. The first kappa shape index (κ1) is 22.9. The topological polar surface area (TPSA) is 74.8 Å². The van der Waals surface area contributed by atoms with E-state index < -0.39 is 26.6 Å². The van der Waals surface area contributed by atoms with E-state index in [1.807, 2.05) is 4.90 Å². The number of hydrogen-bond acceptors (Lipinski definition) is 7. The minimum Gasteiger partial charge on any atom is -0.370 e. The van der Waals surface area contributed by atoms with E-state index >= 15 is 4.39 Å². The van der Waals surface area contributed by atoms with Crippen LogP contribution in [0.3, 0.4) is 0 Å². The molecule has 11 heteroatoms. The number of thiazole rings is 1. The van der Waals surface area contributed by atoms with Gasteiger partial charge in [0.25, 0.3) is 10.0 Å². The van der Waals surface area contributed by atoms with Gasteiger partial charge in [-0.2, -0.15) is 0 Å². The molecule has 7 nitrogen and oxygen atoms in total. The number of aromatic nitrogens is 1. The summed E-state index contributed by atoms with van der Waals surface area (Å²) in [4.78, 5) is 7.25. The van der Waals surface area contributed by atoms with Gasteiger partial charge in [0.15, 0.2) is 16.5 Å². The molecule has 3 aliphatic rings. The molecular formula is C22H28F2N4O3S2. The molecule has 0 amide bonds. The highest BCUT2D eigenvalue weighted by Crippen LogP contribution is 2.43. The van der Waals surface area contributed by atoms with Gasteiger partial charge in [-0.15, -0.1) is 11.3 Å². The molecule has 2 aromatic rings. The number of ether oxygens (including phenoxy) is 1. The zero-order valence-electron chi connectivity index (χ0n) is 18.7. The summed E-state index contributed by atoms with van der Waals surface area (Å²) in [5.74, 6) is -1.51. The van der Waals surface area contributed by atoms with Crippen LogP contribution in [0.15, 0.2) is 21.9 Å². The Morgan fingerprint density at radius 3 is 2.79 bits per heavy atom. The molecule has 0 radical (unpaired) electrons. The Labute approximate surface area is 196 Å². The van der Waals surface area contributed by atoms with E-state index in [2.05, 4.69) is 21.5 Å². The fourth-order valence-corrected chi connectivity index (χ4v) is 7.29. The third kappa shape index (κ3) is 4.02. The van der Waals surface area contributed by atoms with Crippen LogP contribution in [-0.4, -0.2) is 62.7 Å². The van der Waals surface area contributed by atoms with Gasteiger partial charge in [0.2, 0.25) is 0 Å². The number of rotatable bonds is 5. The molecule has 33 heavy (non-hydrogen) atoms. The van der Waals surface area contributed by atoms with E-state index in [1.165, 1.54) is 42.0 Å². The van der Waals surface area contributed by atoms with Crippen LogP contribution in [-0.2, 0) is 14.8 Å². The molecule has 0 unspecified atom stereocenters. The SMILES string of the molecule is Cc1c(N2CC3(C2)OCC[C@@H]3N2CCC[C@@H](C)C2)cc(F)c(S(=O)(=O)Nc2cscn2)c1F. The summed E-state index contributed by atoms with van der Waals surface area (Å²) in [6.45, 7) is 7.62. The van der Waals surface area contributed by atoms with Crippen LogP contribution in [0.5, 0.6) is 0 Å². The minimum absolute atomic E-state index is 0.0293. The highest BCUT2D eigenvalue weighted by molar-refractivity contribution is 7.92. The van der Waals surface area contributed by atoms with Crippen LogP contribution < -0.4 is 9.62 Å². The van der Waals surface area contributed by atoms with Gasteiger partial charge in [0, 0.05) is 35.8 Å². The number of piperidine rings is 1. The van der Waals surface area contributed by atoms with E-state index in [0.717, 1.165) is 25.6 Å². The van der Waals surface area contributed by atoms with Crippen molar-refractivity contribution in [2.24, 2.45) is 5.92 Å². The van der Waals surface area contributed by atoms with Gasteiger partial charge >= 0.3 is 0 Å². The van der Waals surface area contributed by atoms with Gasteiger partial charge in [-0.3, -0.25) is 9.62 Å². The van der Waals surface area contributed by atoms with Crippen LogP contribution >= 0.6 is 11.3 Å². The first-order valence-electron chi connectivity index (χ1n) is 11.2. The highest BCUT2D eigenvalue weighted by Gasteiger charge is 2.55. The lowest BCUT2D eigenvalue weighted by Crippen LogP contribution is -2.70. The predicted molar refractivity (Wildman–Crippen MR) is 123 cm³/mol. The zero-order chi connectivity index (χ0) is 23.4. The van der Waals surface area contributed by atoms with Crippen LogP contribution in [0.1, 0.15) is 31.7 Å². The monoisotopic (exact) mass is 498 g/mol. The van der Waals surface area contributed by atoms with Crippen LogP contribution in [0.4, 0.5) is 20.3 Å². The van der Waals surface area contributed by atoms with E-state index in [1.54, 1.807) is 0 Å². The van der Waals surface area contributed by atoms with Crippen molar-refractivity contribution in [1.82, 2.24) is 9.88 Å². The number of sulfonamides is 1. The largest absolute Gasteiger partial charge is 0.370 e. The molecule has 0 aliphatic carbocycles. The van der Waals surface area contributed by atoms with Crippen molar-refractivity contribution >= 4 is 32.9 Å². The van der Waals surface area contributed by atoms with Gasteiger partial charge in [-0.05, 0) is 44.7 Å². The summed E-state index contributed by atoms with van der Waals surface area (Å²) in [6, 6.07) is 1.42. The number of halogens is 2. The van der Waals surface area contributed by atoms with E-state index in [-0.39, 0.29) is 17.0 Å². The number of anilines is 2. The molecule has 1 N–H and O–H groups in total. The van der Waals surface area contributed by atoms with Gasteiger partial charge < -0.3 is 9.64 Å². The Morgan fingerprint density at radius 2 is 2.09 bits per heavy atom. The second kappa shape index (κ2) is 8.44. The lowest BCUT2D eigenvalue weighted by atomic mass is 9.83. The number of benzene rings is 1. The van der Waals surface area contributed by atoms with E-state index in [4.69, 9.17) is 4.74 Å².